The highest BCUT2D eigenvalue weighted by Crippen LogP contribution is 2.29. The van der Waals surface area contributed by atoms with Gasteiger partial charge in [0.05, 0.1) is 0 Å². The van der Waals surface area contributed by atoms with Crippen molar-refractivity contribution in [3.05, 3.63) is 53.6 Å². The number of nitrogen functional groups attached to an aromatic ring is 1. The fraction of sp³-hybridized carbons (Fsp3) is 0.294. The van der Waals surface area contributed by atoms with Crippen LogP contribution in [0.2, 0.25) is 0 Å². The Balaban J connectivity index is 2.44. The molecule has 0 heterocycles. The van der Waals surface area contributed by atoms with Crippen molar-refractivity contribution in [1.29, 1.82) is 0 Å². The van der Waals surface area contributed by atoms with Crippen LogP contribution < -0.4 is 5.73 Å². The number of rotatable bonds is 1. The third kappa shape index (κ3) is 2.40. The highest BCUT2D eigenvalue weighted by molar-refractivity contribution is 5.72. The fourth-order valence-corrected chi connectivity index (χ4v) is 2.12. The molecule has 0 aliphatic heterocycles. The molecule has 0 spiro atoms. The van der Waals surface area contributed by atoms with Crippen molar-refractivity contribution in [2.75, 3.05) is 5.73 Å². The van der Waals surface area contributed by atoms with Gasteiger partial charge in [-0.2, -0.15) is 0 Å². The number of benzene rings is 2. The molecule has 0 amide bonds. The minimum absolute atomic E-state index is 0.198. The van der Waals surface area contributed by atoms with E-state index in [1.165, 1.54) is 16.7 Å². The van der Waals surface area contributed by atoms with Crippen molar-refractivity contribution in [3.8, 4) is 11.1 Å². The summed E-state index contributed by atoms with van der Waals surface area (Å²) < 4.78 is 0. The average molecular weight is 239 g/mol. The summed E-state index contributed by atoms with van der Waals surface area (Å²) in [7, 11) is 0. The van der Waals surface area contributed by atoms with Gasteiger partial charge in [0.25, 0.3) is 0 Å². The van der Waals surface area contributed by atoms with Crippen LogP contribution in [0.25, 0.3) is 11.1 Å². The third-order valence-electron chi connectivity index (χ3n) is 3.44. The van der Waals surface area contributed by atoms with Crippen LogP contribution in [0, 0.1) is 6.92 Å². The van der Waals surface area contributed by atoms with Gasteiger partial charge in [-0.05, 0) is 40.7 Å². The van der Waals surface area contributed by atoms with E-state index >= 15 is 0 Å². The Morgan fingerprint density at radius 1 is 0.889 bits per heavy atom. The molecule has 0 radical (unpaired) electrons. The van der Waals surface area contributed by atoms with E-state index in [0.717, 1.165) is 11.3 Å². The van der Waals surface area contributed by atoms with Crippen molar-refractivity contribution in [1.82, 2.24) is 0 Å². The van der Waals surface area contributed by atoms with Crippen LogP contribution in [0.15, 0.2) is 42.5 Å². The Hall–Kier alpha value is -1.76. The number of hydrogen-bond donors (Lipinski definition) is 1. The second-order valence-electron chi connectivity index (χ2n) is 5.85. The molecule has 1 nitrogen and oxygen atoms in total. The second-order valence-corrected chi connectivity index (χ2v) is 5.85. The molecule has 0 atom stereocenters. The van der Waals surface area contributed by atoms with Crippen LogP contribution in [-0.2, 0) is 5.41 Å². The van der Waals surface area contributed by atoms with E-state index in [2.05, 4.69) is 58.0 Å². The maximum atomic E-state index is 5.96. The molecular weight excluding hydrogens is 218 g/mol. The normalized spacial score (nSPS) is 11.6. The SMILES string of the molecule is Cc1c(N)cccc1-c1ccc(C(C)(C)C)cc1. The summed E-state index contributed by atoms with van der Waals surface area (Å²) in [4.78, 5) is 0. The molecule has 0 aromatic heterocycles. The molecule has 1 heteroatoms. The Morgan fingerprint density at radius 3 is 2.06 bits per heavy atom. The molecule has 2 rings (SSSR count). The maximum absolute atomic E-state index is 5.96. The van der Waals surface area contributed by atoms with Gasteiger partial charge in [0, 0.05) is 5.69 Å². The summed E-state index contributed by atoms with van der Waals surface area (Å²) in [6.07, 6.45) is 0. The quantitative estimate of drug-likeness (QED) is 0.726. The van der Waals surface area contributed by atoms with Gasteiger partial charge >= 0.3 is 0 Å². The molecular formula is C17H21N. The van der Waals surface area contributed by atoms with E-state index in [4.69, 9.17) is 5.73 Å². The van der Waals surface area contributed by atoms with Gasteiger partial charge in [0.1, 0.15) is 0 Å². The third-order valence-corrected chi connectivity index (χ3v) is 3.44. The smallest absolute Gasteiger partial charge is 0.0349 e. The van der Waals surface area contributed by atoms with Crippen LogP contribution in [0.1, 0.15) is 31.9 Å². The van der Waals surface area contributed by atoms with Gasteiger partial charge in [-0.1, -0.05) is 57.2 Å². The van der Waals surface area contributed by atoms with Gasteiger partial charge in [-0.15, -0.1) is 0 Å². The first-order chi connectivity index (χ1) is 8.39. The Morgan fingerprint density at radius 2 is 1.50 bits per heavy atom. The number of hydrogen-bond acceptors (Lipinski definition) is 1. The molecule has 0 fully saturated rings. The summed E-state index contributed by atoms with van der Waals surface area (Å²) >= 11 is 0. The Labute approximate surface area is 110 Å². The molecule has 94 valence electrons. The van der Waals surface area contributed by atoms with Crippen molar-refractivity contribution < 1.29 is 0 Å². The largest absolute Gasteiger partial charge is 0.398 e. The lowest BCUT2D eigenvalue weighted by Gasteiger charge is -2.19. The molecule has 2 aromatic carbocycles. The zero-order chi connectivity index (χ0) is 13.3. The predicted molar refractivity (Wildman–Crippen MR) is 79.7 cm³/mol. The van der Waals surface area contributed by atoms with Crippen LogP contribution in [0.4, 0.5) is 5.69 Å². The van der Waals surface area contributed by atoms with Gasteiger partial charge < -0.3 is 5.73 Å². The van der Waals surface area contributed by atoms with Gasteiger partial charge in [-0.25, -0.2) is 0 Å². The van der Waals surface area contributed by atoms with Gasteiger partial charge in [0.2, 0.25) is 0 Å². The summed E-state index contributed by atoms with van der Waals surface area (Å²) in [6.45, 7) is 8.76. The lowest BCUT2D eigenvalue weighted by molar-refractivity contribution is 0.590. The van der Waals surface area contributed by atoms with Crippen molar-refractivity contribution in [3.63, 3.8) is 0 Å². The molecule has 0 saturated heterocycles. The monoisotopic (exact) mass is 239 g/mol. The van der Waals surface area contributed by atoms with Crippen molar-refractivity contribution in [2.24, 2.45) is 0 Å². The lowest BCUT2D eigenvalue weighted by atomic mass is 9.86. The van der Waals surface area contributed by atoms with Gasteiger partial charge in [-0.3, -0.25) is 0 Å². The fourth-order valence-electron chi connectivity index (χ4n) is 2.12. The minimum Gasteiger partial charge on any atom is -0.398 e. The first kappa shape index (κ1) is 12.7. The first-order valence-electron chi connectivity index (χ1n) is 6.35. The molecule has 2 aromatic rings. The Kier molecular flexibility index (Phi) is 3.16. The number of anilines is 1. The van der Waals surface area contributed by atoms with Crippen molar-refractivity contribution >= 4 is 5.69 Å². The van der Waals surface area contributed by atoms with E-state index < -0.39 is 0 Å². The van der Waals surface area contributed by atoms with Crippen LogP contribution >= 0.6 is 0 Å². The van der Waals surface area contributed by atoms with Crippen molar-refractivity contribution in [2.45, 2.75) is 33.1 Å². The first-order valence-corrected chi connectivity index (χ1v) is 6.35. The van der Waals surface area contributed by atoms with E-state index in [9.17, 15) is 0 Å². The molecule has 0 aliphatic carbocycles. The highest BCUT2D eigenvalue weighted by atomic mass is 14.6. The average Bonchev–Trinajstić information content (AvgIpc) is 2.32. The molecule has 0 bridgehead atoms. The Bertz CT molecular complexity index is 545. The van der Waals surface area contributed by atoms with Crippen LogP contribution in [0.5, 0.6) is 0 Å². The van der Waals surface area contributed by atoms with E-state index in [1.54, 1.807) is 0 Å². The zero-order valence-electron chi connectivity index (χ0n) is 11.6. The maximum Gasteiger partial charge on any atom is 0.0349 e. The summed E-state index contributed by atoms with van der Waals surface area (Å²) in [5, 5.41) is 0. The molecule has 0 aliphatic rings. The second kappa shape index (κ2) is 4.49. The van der Waals surface area contributed by atoms with Gasteiger partial charge in [0.15, 0.2) is 0 Å². The van der Waals surface area contributed by atoms with E-state index in [1.807, 2.05) is 12.1 Å². The predicted octanol–water partition coefficient (Wildman–Crippen LogP) is 4.54. The van der Waals surface area contributed by atoms with Crippen LogP contribution in [0.3, 0.4) is 0 Å². The van der Waals surface area contributed by atoms with E-state index in [0.29, 0.717) is 0 Å². The molecule has 0 unspecified atom stereocenters. The van der Waals surface area contributed by atoms with Crippen LogP contribution in [-0.4, -0.2) is 0 Å². The molecule has 18 heavy (non-hydrogen) atoms. The lowest BCUT2D eigenvalue weighted by Crippen LogP contribution is -2.10. The van der Waals surface area contributed by atoms with E-state index in [-0.39, 0.29) is 5.41 Å². The topological polar surface area (TPSA) is 26.0 Å². The molecule has 2 N–H and O–H groups in total. The summed E-state index contributed by atoms with van der Waals surface area (Å²) in [5.41, 5.74) is 12.0. The highest BCUT2D eigenvalue weighted by Gasteiger charge is 2.13. The zero-order valence-corrected chi connectivity index (χ0v) is 11.6. The summed E-state index contributed by atoms with van der Waals surface area (Å²) in [5.74, 6) is 0. The molecule has 0 saturated carbocycles. The minimum atomic E-state index is 0.198. The number of nitrogens with two attached hydrogens (primary N) is 1. The standard InChI is InChI=1S/C17H21N/c1-12-15(6-5-7-16(12)18)13-8-10-14(11-9-13)17(2,3)4/h5-11H,18H2,1-4H3. The summed E-state index contributed by atoms with van der Waals surface area (Å²) in [6, 6.07) is 14.9.